The van der Waals surface area contributed by atoms with Gasteiger partial charge in [0.15, 0.2) is 0 Å². The van der Waals surface area contributed by atoms with Crippen molar-refractivity contribution in [3.8, 4) is 0 Å². The van der Waals surface area contributed by atoms with Gasteiger partial charge in [-0.05, 0) is 43.7 Å². The third kappa shape index (κ3) is 3.54. The Labute approximate surface area is 130 Å². The summed E-state index contributed by atoms with van der Waals surface area (Å²) in [4.78, 5) is 25.5. The van der Waals surface area contributed by atoms with E-state index in [1.165, 1.54) is 0 Å². The van der Waals surface area contributed by atoms with Gasteiger partial charge in [0.25, 0.3) is 0 Å². The van der Waals surface area contributed by atoms with Gasteiger partial charge < -0.3 is 15.5 Å². The van der Waals surface area contributed by atoms with Gasteiger partial charge in [0.2, 0.25) is 11.8 Å². The lowest BCUT2D eigenvalue weighted by molar-refractivity contribution is -0.119. The van der Waals surface area contributed by atoms with Gasteiger partial charge in [-0.1, -0.05) is 0 Å². The van der Waals surface area contributed by atoms with Gasteiger partial charge in [0.1, 0.15) is 0 Å². The van der Waals surface area contributed by atoms with E-state index in [0.717, 1.165) is 43.9 Å². The van der Waals surface area contributed by atoms with Gasteiger partial charge in [-0.3, -0.25) is 9.59 Å². The second-order valence-electron chi connectivity index (χ2n) is 5.37. The predicted molar refractivity (Wildman–Crippen MR) is 84.9 cm³/mol. The normalized spacial score (nSPS) is 21.2. The number of amides is 2. The van der Waals surface area contributed by atoms with E-state index >= 15 is 0 Å². The van der Waals surface area contributed by atoms with E-state index in [9.17, 15) is 9.59 Å². The Balaban J connectivity index is 0.00000161. The molecule has 2 heterocycles. The molecule has 2 amide bonds. The largest absolute Gasteiger partial charge is 0.326 e. The summed E-state index contributed by atoms with van der Waals surface area (Å²) in [5.41, 5.74) is 1.70. The first-order valence-electron chi connectivity index (χ1n) is 7.16. The van der Waals surface area contributed by atoms with Crippen molar-refractivity contribution in [1.29, 1.82) is 0 Å². The van der Waals surface area contributed by atoms with E-state index in [4.69, 9.17) is 0 Å². The molecule has 0 saturated carbocycles. The maximum absolute atomic E-state index is 12.0. The van der Waals surface area contributed by atoms with Crippen LogP contribution in [0.3, 0.4) is 0 Å². The smallest absolute Gasteiger partial charge is 0.228 e. The average Bonchev–Trinajstić information content (AvgIpc) is 3.11. The van der Waals surface area contributed by atoms with Gasteiger partial charge >= 0.3 is 0 Å². The number of benzene rings is 1. The summed E-state index contributed by atoms with van der Waals surface area (Å²) in [5, 5.41) is 6.12. The monoisotopic (exact) mass is 309 g/mol. The van der Waals surface area contributed by atoms with Crippen LogP contribution in [0.25, 0.3) is 0 Å². The highest BCUT2D eigenvalue weighted by molar-refractivity contribution is 5.96. The summed E-state index contributed by atoms with van der Waals surface area (Å²) in [6, 6.07) is 7.51. The maximum atomic E-state index is 12.0. The fourth-order valence-corrected chi connectivity index (χ4v) is 2.77. The van der Waals surface area contributed by atoms with E-state index in [1.54, 1.807) is 4.90 Å². The van der Waals surface area contributed by atoms with Gasteiger partial charge in [-0.15, -0.1) is 12.4 Å². The van der Waals surface area contributed by atoms with Crippen LogP contribution >= 0.6 is 12.4 Å². The Kier molecular flexibility index (Phi) is 5.20. The molecule has 2 fully saturated rings. The molecule has 0 spiro atoms. The maximum Gasteiger partial charge on any atom is 0.228 e. The highest BCUT2D eigenvalue weighted by Crippen LogP contribution is 2.23. The average molecular weight is 310 g/mol. The second kappa shape index (κ2) is 6.91. The highest BCUT2D eigenvalue weighted by atomic mass is 35.5. The Hall–Kier alpha value is -1.59. The van der Waals surface area contributed by atoms with Gasteiger partial charge in [0, 0.05) is 30.9 Å². The van der Waals surface area contributed by atoms with Gasteiger partial charge in [0.05, 0.1) is 5.92 Å². The molecule has 21 heavy (non-hydrogen) atoms. The summed E-state index contributed by atoms with van der Waals surface area (Å²) >= 11 is 0. The molecular formula is C15H20ClN3O2. The molecule has 2 aliphatic rings. The Morgan fingerprint density at radius 3 is 2.62 bits per heavy atom. The number of carbonyl (C=O) groups excluding carboxylic acids is 2. The van der Waals surface area contributed by atoms with Crippen LogP contribution in [0.5, 0.6) is 0 Å². The molecule has 2 N–H and O–H groups in total. The fraction of sp³-hybridized carbons (Fsp3) is 0.467. The van der Waals surface area contributed by atoms with Crippen molar-refractivity contribution in [2.45, 2.75) is 19.3 Å². The predicted octanol–water partition coefficient (Wildman–Crippen LogP) is 1.78. The number of halogens is 1. The van der Waals surface area contributed by atoms with E-state index < -0.39 is 0 Å². The molecule has 0 bridgehead atoms. The highest BCUT2D eigenvalue weighted by Gasteiger charge is 2.23. The third-order valence-corrected chi connectivity index (χ3v) is 3.95. The zero-order valence-electron chi connectivity index (χ0n) is 11.8. The lowest BCUT2D eigenvalue weighted by Crippen LogP contribution is -2.25. The molecule has 1 aromatic carbocycles. The summed E-state index contributed by atoms with van der Waals surface area (Å²) < 4.78 is 0. The van der Waals surface area contributed by atoms with Crippen LogP contribution < -0.4 is 15.5 Å². The molecule has 1 aromatic rings. The summed E-state index contributed by atoms with van der Waals surface area (Å²) in [7, 11) is 0. The quantitative estimate of drug-likeness (QED) is 0.895. The zero-order valence-corrected chi connectivity index (χ0v) is 12.6. The summed E-state index contributed by atoms with van der Waals surface area (Å²) in [5.74, 6) is 0.314. The van der Waals surface area contributed by atoms with Crippen molar-refractivity contribution in [3.63, 3.8) is 0 Å². The SMILES string of the molecule is Cl.O=C(Nc1ccc(N2CCCC2=O)cc1)C1CCNC1. The molecule has 0 aromatic heterocycles. The molecule has 6 heteroatoms. The van der Waals surface area contributed by atoms with Gasteiger partial charge in [-0.2, -0.15) is 0 Å². The molecule has 3 rings (SSSR count). The number of nitrogens with one attached hydrogen (secondary N) is 2. The van der Waals surface area contributed by atoms with Crippen LogP contribution in [-0.4, -0.2) is 31.4 Å². The van der Waals surface area contributed by atoms with Crippen molar-refractivity contribution in [2.24, 2.45) is 5.92 Å². The topological polar surface area (TPSA) is 61.4 Å². The van der Waals surface area contributed by atoms with Crippen LogP contribution in [0, 0.1) is 5.92 Å². The van der Waals surface area contributed by atoms with E-state index in [-0.39, 0.29) is 30.1 Å². The zero-order chi connectivity index (χ0) is 13.9. The van der Waals surface area contributed by atoms with E-state index in [2.05, 4.69) is 10.6 Å². The van der Waals surface area contributed by atoms with Crippen LogP contribution in [0.15, 0.2) is 24.3 Å². The molecule has 1 unspecified atom stereocenters. The van der Waals surface area contributed by atoms with Gasteiger partial charge in [-0.25, -0.2) is 0 Å². The molecular weight excluding hydrogens is 290 g/mol. The second-order valence-corrected chi connectivity index (χ2v) is 5.37. The first-order chi connectivity index (χ1) is 9.74. The number of rotatable bonds is 3. The number of carbonyl (C=O) groups is 2. The van der Waals surface area contributed by atoms with Crippen molar-refractivity contribution >= 4 is 35.6 Å². The molecule has 2 aliphatic heterocycles. The Morgan fingerprint density at radius 1 is 1.29 bits per heavy atom. The summed E-state index contributed by atoms with van der Waals surface area (Å²) in [6.45, 7) is 2.46. The van der Waals surface area contributed by atoms with E-state index in [0.29, 0.717) is 6.42 Å². The first kappa shape index (κ1) is 15.8. The number of hydrogen-bond donors (Lipinski definition) is 2. The minimum atomic E-state index is 0. The Morgan fingerprint density at radius 2 is 2.05 bits per heavy atom. The molecule has 1 atom stereocenters. The minimum Gasteiger partial charge on any atom is -0.326 e. The number of anilines is 2. The molecule has 5 nitrogen and oxygen atoms in total. The van der Waals surface area contributed by atoms with Crippen molar-refractivity contribution < 1.29 is 9.59 Å². The molecule has 2 saturated heterocycles. The minimum absolute atomic E-state index is 0. The molecule has 0 aliphatic carbocycles. The fourth-order valence-electron chi connectivity index (χ4n) is 2.77. The van der Waals surface area contributed by atoms with Crippen LogP contribution in [0.4, 0.5) is 11.4 Å². The van der Waals surface area contributed by atoms with E-state index in [1.807, 2.05) is 24.3 Å². The van der Waals surface area contributed by atoms with Crippen LogP contribution in [0.1, 0.15) is 19.3 Å². The Bertz CT molecular complexity index is 512. The summed E-state index contributed by atoms with van der Waals surface area (Å²) in [6.07, 6.45) is 2.45. The lowest BCUT2D eigenvalue weighted by atomic mass is 10.1. The van der Waals surface area contributed by atoms with Crippen molar-refractivity contribution in [2.75, 3.05) is 29.9 Å². The van der Waals surface area contributed by atoms with Crippen LogP contribution in [0.2, 0.25) is 0 Å². The number of hydrogen-bond acceptors (Lipinski definition) is 3. The van der Waals surface area contributed by atoms with Crippen molar-refractivity contribution in [1.82, 2.24) is 5.32 Å². The van der Waals surface area contributed by atoms with Crippen molar-refractivity contribution in [3.05, 3.63) is 24.3 Å². The molecule has 0 radical (unpaired) electrons. The molecule has 114 valence electrons. The standard InChI is InChI=1S/C15H19N3O2.ClH/c19-14-2-1-9-18(14)13-5-3-12(4-6-13)17-15(20)11-7-8-16-10-11;/h3-6,11,16H,1-2,7-10H2,(H,17,20);1H. The third-order valence-electron chi connectivity index (χ3n) is 3.95. The lowest BCUT2D eigenvalue weighted by Gasteiger charge is -2.16. The first-order valence-corrected chi connectivity index (χ1v) is 7.16. The number of nitrogens with zero attached hydrogens (tertiary/aromatic N) is 1. The van der Waals surface area contributed by atoms with Crippen LogP contribution in [-0.2, 0) is 9.59 Å².